The van der Waals surface area contributed by atoms with E-state index in [9.17, 15) is 4.79 Å². The van der Waals surface area contributed by atoms with Crippen molar-refractivity contribution < 1.29 is 19.4 Å². The molecule has 0 spiro atoms. The summed E-state index contributed by atoms with van der Waals surface area (Å²) in [6.45, 7) is 0.664. The van der Waals surface area contributed by atoms with Crippen molar-refractivity contribution in [2.24, 2.45) is 0 Å². The molecule has 1 aromatic heterocycles. The van der Waals surface area contributed by atoms with E-state index < -0.39 is 5.97 Å². The Morgan fingerprint density at radius 1 is 1.41 bits per heavy atom. The second kappa shape index (κ2) is 6.29. The highest BCUT2D eigenvalue weighted by Gasteiger charge is 2.20. The zero-order chi connectivity index (χ0) is 15.5. The predicted octanol–water partition coefficient (Wildman–Crippen LogP) is 3.01. The summed E-state index contributed by atoms with van der Waals surface area (Å²) in [5, 5.41) is 9.52. The summed E-state index contributed by atoms with van der Waals surface area (Å²) in [7, 11) is 0. The zero-order valence-corrected chi connectivity index (χ0v) is 12.3. The van der Waals surface area contributed by atoms with Gasteiger partial charge in [0.1, 0.15) is 5.75 Å². The molecule has 0 radical (unpaired) electrons. The zero-order valence-electron chi connectivity index (χ0n) is 11.5. The van der Waals surface area contributed by atoms with Crippen LogP contribution in [0.25, 0.3) is 11.3 Å². The van der Waals surface area contributed by atoms with E-state index in [2.05, 4.69) is 9.97 Å². The number of benzene rings is 1. The van der Waals surface area contributed by atoms with Gasteiger partial charge in [0.15, 0.2) is 6.29 Å². The van der Waals surface area contributed by atoms with Crippen LogP contribution in [-0.2, 0) is 4.74 Å². The molecule has 7 heteroatoms. The summed E-state index contributed by atoms with van der Waals surface area (Å²) >= 11 is 6.02. The summed E-state index contributed by atoms with van der Waals surface area (Å²) in [6.07, 6.45) is 2.82. The molecule has 3 rings (SSSR count). The van der Waals surface area contributed by atoms with Gasteiger partial charge < -0.3 is 14.6 Å². The maximum Gasteiger partial charge on any atom is 0.373 e. The molecule has 0 bridgehead atoms. The first-order valence-electron chi connectivity index (χ1n) is 6.78. The molecule has 0 amide bonds. The van der Waals surface area contributed by atoms with Gasteiger partial charge in [-0.25, -0.2) is 14.8 Å². The number of aromatic nitrogens is 2. The lowest BCUT2D eigenvalue weighted by Crippen LogP contribution is -2.14. The van der Waals surface area contributed by atoms with Crippen molar-refractivity contribution in [2.45, 2.75) is 19.1 Å². The van der Waals surface area contributed by atoms with Gasteiger partial charge in [0, 0.05) is 23.2 Å². The summed E-state index contributed by atoms with van der Waals surface area (Å²) in [5.41, 5.74) is 1.10. The number of hydrogen-bond donors (Lipinski definition) is 1. The van der Waals surface area contributed by atoms with Crippen LogP contribution in [0.5, 0.6) is 5.75 Å². The van der Waals surface area contributed by atoms with Crippen molar-refractivity contribution in [3.63, 3.8) is 0 Å². The lowest BCUT2D eigenvalue weighted by atomic mass is 10.1. The molecule has 1 aliphatic heterocycles. The van der Waals surface area contributed by atoms with Crippen molar-refractivity contribution in [3.8, 4) is 17.0 Å². The third-order valence-corrected chi connectivity index (χ3v) is 3.45. The second-order valence-electron chi connectivity index (χ2n) is 4.77. The fourth-order valence-electron chi connectivity index (χ4n) is 2.20. The maximum atomic E-state index is 11.0. The Morgan fingerprint density at radius 3 is 3.00 bits per heavy atom. The summed E-state index contributed by atoms with van der Waals surface area (Å²) in [5.74, 6) is -0.942. The van der Waals surface area contributed by atoms with Gasteiger partial charge in [0.2, 0.25) is 5.82 Å². The number of carboxylic acids is 1. The van der Waals surface area contributed by atoms with Crippen LogP contribution < -0.4 is 4.74 Å². The first kappa shape index (κ1) is 14.7. The number of rotatable bonds is 4. The monoisotopic (exact) mass is 320 g/mol. The van der Waals surface area contributed by atoms with Crippen molar-refractivity contribution in [1.29, 1.82) is 0 Å². The van der Waals surface area contributed by atoms with E-state index in [1.54, 1.807) is 24.3 Å². The standard InChI is InChI=1S/C15H13ClN2O4/c16-9-3-4-10(11-5-6-17-14(18-11)15(19)20)12(8-9)22-13-2-1-7-21-13/h3-6,8,13H,1-2,7H2,(H,19,20). The molecular formula is C15H13ClN2O4. The minimum absolute atomic E-state index is 0.268. The molecular weight excluding hydrogens is 308 g/mol. The van der Waals surface area contributed by atoms with Crippen LogP contribution in [0.4, 0.5) is 0 Å². The predicted molar refractivity (Wildman–Crippen MR) is 79.0 cm³/mol. The highest BCUT2D eigenvalue weighted by atomic mass is 35.5. The minimum atomic E-state index is -1.18. The van der Waals surface area contributed by atoms with Crippen molar-refractivity contribution in [1.82, 2.24) is 9.97 Å². The largest absolute Gasteiger partial charge is 0.475 e. The quantitative estimate of drug-likeness (QED) is 0.932. The van der Waals surface area contributed by atoms with E-state index in [4.69, 9.17) is 26.2 Å². The van der Waals surface area contributed by atoms with Gasteiger partial charge in [0.05, 0.1) is 12.3 Å². The summed E-state index contributed by atoms with van der Waals surface area (Å²) in [4.78, 5) is 18.8. The van der Waals surface area contributed by atoms with E-state index >= 15 is 0 Å². The lowest BCUT2D eigenvalue weighted by Gasteiger charge is -2.16. The topological polar surface area (TPSA) is 81.5 Å². The number of nitrogens with zero attached hydrogens (tertiary/aromatic N) is 2. The smallest absolute Gasteiger partial charge is 0.373 e. The second-order valence-corrected chi connectivity index (χ2v) is 5.21. The Morgan fingerprint density at radius 2 is 2.27 bits per heavy atom. The van der Waals surface area contributed by atoms with Crippen molar-refractivity contribution in [3.05, 3.63) is 41.3 Å². The fraction of sp³-hybridized carbons (Fsp3) is 0.267. The normalized spacial score (nSPS) is 17.4. The lowest BCUT2D eigenvalue weighted by molar-refractivity contribution is -0.0387. The Hall–Kier alpha value is -2.18. The molecule has 114 valence electrons. The molecule has 1 N–H and O–H groups in total. The van der Waals surface area contributed by atoms with Crippen molar-refractivity contribution >= 4 is 17.6 Å². The van der Waals surface area contributed by atoms with Crippen LogP contribution in [0.1, 0.15) is 23.5 Å². The van der Waals surface area contributed by atoms with Crippen LogP contribution in [0.15, 0.2) is 30.5 Å². The third kappa shape index (κ3) is 3.18. The van der Waals surface area contributed by atoms with E-state index in [1.165, 1.54) is 6.20 Å². The van der Waals surface area contributed by atoms with Crippen LogP contribution in [0, 0.1) is 0 Å². The average Bonchev–Trinajstić information content (AvgIpc) is 3.00. The highest BCUT2D eigenvalue weighted by molar-refractivity contribution is 6.30. The Bertz CT molecular complexity index is 702. The molecule has 1 aliphatic rings. The SMILES string of the molecule is O=C(O)c1nccc(-c2ccc(Cl)cc2OC2CCCO2)n1. The van der Waals surface area contributed by atoms with Gasteiger partial charge in [-0.1, -0.05) is 11.6 Å². The number of ether oxygens (including phenoxy) is 2. The first-order chi connectivity index (χ1) is 10.6. The van der Waals surface area contributed by atoms with Gasteiger partial charge in [0.25, 0.3) is 0 Å². The van der Waals surface area contributed by atoms with Gasteiger partial charge in [-0.3, -0.25) is 0 Å². The van der Waals surface area contributed by atoms with Crippen molar-refractivity contribution in [2.75, 3.05) is 6.61 Å². The van der Waals surface area contributed by atoms with Crippen LogP contribution in [-0.4, -0.2) is 33.9 Å². The summed E-state index contributed by atoms with van der Waals surface area (Å²) in [6, 6.07) is 6.72. The molecule has 2 aromatic rings. The number of halogens is 1. The number of aromatic carboxylic acids is 1. The molecule has 1 unspecified atom stereocenters. The van der Waals surface area contributed by atoms with E-state index in [-0.39, 0.29) is 12.1 Å². The minimum Gasteiger partial charge on any atom is -0.475 e. The highest BCUT2D eigenvalue weighted by Crippen LogP contribution is 2.33. The Balaban J connectivity index is 1.98. The average molecular weight is 321 g/mol. The van der Waals surface area contributed by atoms with E-state index in [1.807, 2.05) is 0 Å². The summed E-state index contributed by atoms with van der Waals surface area (Å²) < 4.78 is 11.3. The fourth-order valence-corrected chi connectivity index (χ4v) is 2.36. The van der Waals surface area contributed by atoms with Gasteiger partial charge >= 0.3 is 5.97 Å². The molecule has 2 heterocycles. The third-order valence-electron chi connectivity index (χ3n) is 3.21. The van der Waals surface area contributed by atoms with E-state index in [0.29, 0.717) is 28.6 Å². The van der Waals surface area contributed by atoms with Crippen LogP contribution >= 0.6 is 11.6 Å². The molecule has 1 saturated heterocycles. The molecule has 1 aromatic carbocycles. The number of hydrogen-bond acceptors (Lipinski definition) is 5. The van der Waals surface area contributed by atoms with Crippen LogP contribution in [0.2, 0.25) is 5.02 Å². The van der Waals surface area contributed by atoms with Crippen LogP contribution in [0.3, 0.4) is 0 Å². The first-order valence-corrected chi connectivity index (χ1v) is 7.16. The molecule has 1 fully saturated rings. The van der Waals surface area contributed by atoms with Gasteiger partial charge in [-0.2, -0.15) is 0 Å². The number of carboxylic acid groups (broad SMARTS) is 1. The molecule has 0 aliphatic carbocycles. The Kier molecular flexibility index (Phi) is 4.22. The molecule has 0 saturated carbocycles. The van der Waals surface area contributed by atoms with Gasteiger partial charge in [-0.15, -0.1) is 0 Å². The van der Waals surface area contributed by atoms with E-state index in [0.717, 1.165) is 12.8 Å². The Labute approximate surface area is 131 Å². The molecule has 1 atom stereocenters. The van der Waals surface area contributed by atoms with Gasteiger partial charge in [-0.05, 0) is 30.7 Å². The molecule has 22 heavy (non-hydrogen) atoms. The maximum absolute atomic E-state index is 11.0. The number of carbonyl (C=O) groups is 1. The molecule has 6 nitrogen and oxygen atoms in total.